The number of rotatable bonds is 1. The molecule has 0 aromatic heterocycles. The Balaban J connectivity index is 2.54. The first kappa shape index (κ1) is 7.34. The highest BCUT2D eigenvalue weighted by atomic mass is 16.3. The van der Waals surface area contributed by atoms with Crippen molar-refractivity contribution in [3.8, 4) is 0 Å². The first-order valence-corrected chi connectivity index (χ1v) is 3.33. The van der Waals surface area contributed by atoms with Crippen LogP contribution in [0.4, 0.5) is 0 Å². The smallest absolute Gasteiger partial charge is 0.295 e. The minimum absolute atomic E-state index is 0.238. The molecular formula is C6H10N2O2. The van der Waals surface area contributed by atoms with E-state index >= 15 is 0 Å². The highest BCUT2D eigenvalue weighted by Crippen LogP contribution is 2.15. The third-order valence-electron chi connectivity index (χ3n) is 1.90. The molecule has 4 heteroatoms. The number of amides is 1. The van der Waals surface area contributed by atoms with Gasteiger partial charge in [0, 0.05) is 5.18 Å². The highest BCUT2D eigenvalue weighted by Gasteiger charge is 2.27. The van der Waals surface area contributed by atoms with Gasteiger partial charge in [-0.2, -0.15) is 0 Å². The number of hydrogen-bond donors (Lipinski definition) is 0. The van der Waals surface area contributed by atoms with Gasteiger partial charge in [-0.25, -0.2) is 0 Å². The van der Waals surface area contributed by atoms with Crippen LogP contribution in [0.1, 0.15) is 12.8 Å². The van der Waals surface area contributed by atoms with Crippen LogP contribution in [0.15, 0.2) is 5.18 Å². The van der Waals surface area contributed by atoms with Crippen LogP contribution < -0.4 is 0 Å². The second kappa shape index (κ2) is 2.88. The van der Waals surface area contributed by atoms with E-state index < -0.39 is 5.91 Å². The van der Waals surface area contributed by atoms with E-state index in [1.165, 1.54) is 0 Å². The maximum atomic E-state index is 10.7. The van der Waals surface area contributed by atoms with Gasteiger partial charge in [0.1, 0.15) is 0 Å². The molecule has 1 unspecified atom stereocenters. The number of likely N-dealkylation sites (tertiary alicyclic amines) is 1. The van der Waals surface area contributed by atoms with Gasteiger partial charge in [0.05, 0.1) is 6.04 Å². The van der Waals surface area contributed by atoms with Crippen LogP contribution in [0.25, 0.3) is 0 Å². The fourth-order valence-corrected chi connectivity index (χ4v) is 1.28. The Morgan fingerprint density at radius 3 is 2.80 bits per heavy atom. The van der Waals surface area contributed by atoms with E-state index in [-0.39, 0.29) is 6.04 Å². The van der Waals surface area contributed by atoms with Gasteiger partial charge in [0.2, 0.25) is 0 Å². The molecule has 0 N–H and O–H groups in total. The quantitative estimate of drug-likeness (QED) is 0.497. The summed E-state index contributed by atoms with van der Waals surface area (Å²) in [6.07, 6.45) is 1.77. The summed E-state index contributed by atoms with van der Waals surface area (Å²) >= 11 is 0. The summed E-state index contributed by atoms with van der Waals surface area (Å²) in [6.45, 7) is 0.895. The molecule has 0 bridgehead atoms. The molecule has 0 aromatic rings. The third kappa shape index (κ3) is 1.21. The van der Waals surface area contributed by atoms with E-state index in [4.69, 9.17) is 0 Å². The van der Waals surface area contributed by atoms with Gasteiger partial charge in [-0.3, -0.25) is 9.69 Å². The molecule has 10 heavy (non-hydrogen) atoms. The maximum Gasteiger partial charge on any atom is 0.303 e. The van der Waals surface area contributed by atoms with Crippen LogP contribution in [0.3, 0.4) is 0 Å². The molecule has 0 aliphatic carbocycles. The van der Waals surface area contributed by atoms with E-state index in [2.05, 4.69) is 5.18 Å². The second-order valence-electron chi connectivity index (χ2n) is 2.57. The first-order valence-electron chi connectivity index (χ1n) is 3.33. The monoisotopic (exact) mass is 142 g/mol. The predicted octanol–water partition coefficient (Wildman–Crippen LogP) is 0.374. The summed E-state index contributed by atoms with van der Waals surface area (Å²) < 4.78 is 0. The zero-order valence-corrected chi connectivity index (χ0v) is 5.91. The van der Waals surface area contributed by atoms with Crippen LogP contribution in [-0.2, 0) is 4.79 Å². The van der Waals surface area contributed by atoms with Crippen LogP contribution in [0, 0.1) is 4.91 Å². The van der Waals surface area contributed by atoms with Crippen molar-refractivity contribution in [2.24, 2.45) is 5.18 Å². The van der Waals surface area contributed by atoms with Crippen molar-refractivity contribution in [2.75, 3.05) is 13.6 Å². The summed E-state index contributed by atoms with van der Waals surface area (Å²) in [7, 11) is 1.83. The Kier molecular flexibility index (Phi) is 2.11. The zero-order chi connectivity index (χ0) is 7.56. The average molecular weight is 142 g/mol. The minimum Gasteiger partial charge on any atom is -0.295 e. The molecule has 0 aromatic carbocycles. The van der Waals surface area contributed by atoms with E-state index in [1.807, 2.05) is 11.9 Å². The lowest BCUT2D eigenvalue weighted by atomic mass is 10.2. The molecule has 1 saturated heterocycles. The fraction of sp³-hybridized carbons (Fsp3) is 0.833. The second-order valence-corrected chi connectivity index (χ2v) is 2.57. The first-order chi connectivity index (χ1) is 4.75. The van der Waals surface area contributed by atoms with E-state index in [0.717, 1.165) is 19.4 Å². The molecule has 0 spiro atoms. The van der Waals surface area contributed by atoms with E-state index in [0.29, 0.717) is 0 Å². The molecule has 56 valence electrons. The number of carbonyl (C=O) groups excluding carboxylic acids is 1. The number of nitroso groups, excluding NO2 is 1. The highest BCUT2D eigenvalue weighted by molar-refractivity contribution is 5.82. The predicted molar refractivity (Wildman–Crippen MR) is 36.5 cm³/mol. The van der Waals surface area contributed by atoms with Crippen molar-refractivity contribution in [3.63, 3.8) is 0 Å². The van der Waals surface area contributed by atoms with Crippen molar-refractivity contribution in [3.05, 3.63) is 4.91 Å². The number of likely N-dealkylation sites (N-methyl/N-ethyl adjacent to an activating group) is 1. The average Bonchev–Trinajstić information content (AvgIpc) is 2.34. The van der Waals surface area contributed by atoms with Gasteiger partial charge < -0.3 is 0 Å². The standard InChI is InChI=1S/C6H10N2O2/c1-8-4-2-3-5(8)6(9)7-10/h5H,2-4H2,1H3. The van der Waals surface area contributed by atoms with Gasteiger partial charge >= 0.3 is 5.91 Å². The van der Waals surface area contributed by atoms with Gasteiger partial charge in [-0.05, 0) is 26.4 Å². The van der Waals surface area contributed by atoms with Crippen molar-refractivity contribution in [2.45, 2.75) is 18.9 Å². The Morgan fingerprint density at radius 1 is 1.70 bits per heavy atom. The van der Waals surface area contributed by atoms with E-state index in [1.54, 1.807) is 0 Å². The molecule has 4 nitrogen and oxygen atoms in total. The molecule has 1 amide bonds. The molecule has 0 radical (unpaired) electrons. The SMILES string of the molecule is CN1CCCC1C(=O)N=O. The van der Waals surface area contributed by atoms with Gasteiger partial charge in [0.25, 0.3) is 0 Å². The van der Waals surface area contributed by atoms with Crippen molar-refractivity contribution in [1.82, 2.24) is 4.90 Å². The Bertz CT molecular complexity index is 158. The molecule has 0 saturated carbocycles. The number of nitrogens with zero attached hydrogens (tertiary/aromatic N) is 2. The lowest BCUT2D eigenvalue weighted by Gasteiger charge is -2.12. The zero-order valence-electron chi connectivity index (χ0n) is 5.91. The maximum absolute atomic E-state index is 10.7. The molecule has 1 atom stereocenters. The van der Waals surface area contributed by atoms with Gasteiger partial charge in [0.15, 0.2) is 0 Å². The van der Waals surface area contributed by atoms with Crippen molar-refractivity contribution in [1.29, 1.82) is 0 Å². The molecule has 1 rings (SSSR count). The summed E-state index contributed by atoms with van der Waals surface area (Å²) in [4.78, 5) is 22.4. The van der Waals surface area contributed by atoms with Gasteiger partial charge in [-0.1, -0.05) is 0 Å². The summed E-state index contributed by atoms with van der Waals surface area (Å²) in [6, 6.07) is -0.238. The summed E-state index contributed by atoms with van der Waals surface area (Å²) in [5.41, 5.74) is 0. The topological polar surface area (TPSA) is 49.7 Å². The molecule has 1 aliphatic rings. The van der Waals surface area contributed by atoms with Crippen LogP contribution in [0.2, 0.25) is 0 Å². The lowest BCUT2D eigenvalue weighted by Crippen LogP contribution is -2.31. The van der Waals surface area contributed by atoms with Crippen LogP contribution in [-0.4, -0.2) is 30.4 Å². The molecule has 1 heterocycles. The summed E-state index contributed by atoms with van der Waals surface area (Å²) in [5.74, 6) is -0.528. The minimum atomic E-state index is -0.528. The number of hydrogen-bond acceptors (Lipinski definition) is 3. The fourth-order valence-electron chi connectivity index (χ4n) is 1.28. The Labute approximate surface area is 59.2 Å². The Hall–Kier alpha value is -0.770. The molecule has 1 aliphatic heterocycles. The molecular weight excluding hydrogens is 132 g/mol. The molecule has 1 fully saturated rings. The number of carbonyl (C=O) groups is 1. The van der Waals surface area contributed by atoms with Crippen molar-refractivity contribution >= 4 is 5.91 Å². The normalized spacial score (nSPS) is 26.7. The third-order valence-corrected chi connectivity index (χ3v) is 1.90. The van der Waals surface area contributed by atoms with Crippen LogP contribution >= 0.6 is 0 Å². The largest absolute Gasteiger partial charge is 0.303 e. The van der Waals surface area contributed by atoms with Crippen LogP contribution in [0.5, 0.6) is 0 Å². The van der Waals surface area contributed by atoms with Crippen molar-refractivity contribution < 1.29 is 4.79 Å². The lowest BCUT2D eigenvalue weighted by molar-refractivity contribution is -0.121. The van der Waals surface area contributed by atoms with E-state index in [9.17, 15) is 9.70 Å². The summed E-state index contributed by atoms with van der Waals surface area (Å²) in [5, 5.41) is 2.39. The Morgan fingerprint density at radius 2 is 2.40 bits per heavy atom. The van der Waals surface area contributed by atoms with Gasteiger partial charge in [-0.15, -0.1) is 4.91 Å².